The van der Waals surface area contributed by atoms with Crippen LogP contribution in [0, 0.1) is 0 Å². The lowest BCUT2D eigenvalue weighted by Gasteiger charge is -2.05. The molecule has 4 aromatic rings. The van der Waals surface area contributed by atoms with Crippen LogP contribution >= 0.6 is 0 Å². The highest BCUT2D eigenvalue weighted by Gasteiger charge is 2.08. The Kier molecular flexibility index (Phi) is 5.34. The Labute approximate surface area is 169 Å². The second kappa shape index (κ2) is 8.40. The third kappa shape index (κ3) is 4.50. The lowest BCUT2D eigenvalue weighted by Crippen LogP contribution is -2.08. The number of carbonyl (C=O) groups excluding carboxylic acids is 1. The monoisotopic (exact) mass is 381 g/mol. The molecular weight excluding hydrogens is 362 g/mol. The Morgan fingerprint density at radius 3 is 2.21 bits per heavy atom. The van der Waals surface area contributed by atoms with Gasteiger partial charge in [-0.3, -0.25) is 4.99 Å². The number of ether oxygens (including phenoxy) is 2. The van der Waals surface area contributed by atoms with E-state index in [2.05, 4.69) is 29.3 Å². The van der Waals surface area contributed by atoms with Crippen molar-refractivity contribution in [3.05, 3.63) is 102 Å². The van der Waals surface area contributed by atoms with E-state index in [-0.39, 0.29) is 0 Å². The molecule has 4 nitrogen and oxygen atoms in total. The van der Waals surface area contributed by atoms with Gasteiger partial charge in [-0.15, -0.1) is 0 Å². The van der Waals surface area contributed by atoms with Crippen molar-refractivity contribution in [2.24, 2.45) is 4.99 Å². The van der Waals surface area contributed by atoms with Crippen LogP contribution in [-0.2, 0) is 0 Å². The van der Waals surface area contributed by atoms with Gasteiger partial charge in [0.1, 0.15) is 11.5 Å². The van der Waals surface area contributed by atoms with E-state index in [1.165, 1.54) is 5.39 Å². The number of aliphatic imine (C=N–C) groups is 1. The van der Waals surface area contributed by atoms with Gasteiger partial charge in [0.05, 0.1) is 18.4 Å². The number of methoxy groups -OCH3 is 1. The van der Waals surface area contributed by atoms with Crippen LogP contribution in [0.15, 0.2) is 96.0 Å². The first-order valence-corrected chi connectivity index (χ1v) is 9.20. The van der Waals surface area contributed by atoms with Gasteiger partial charge in [-0.25, -0.2) is 4.79 Å². The van der Waals surface area contributed by atoms with Crippen LogP contribution in [0.1, 0.15) is 15.9 Å². The van der Waals surface area contributed by atoms with Crippen molar-refractivity contribution >= 4 is 28.6 Å². The summed E-state index contributed by atoms with van der Waals surface area (Å²) < 4.78 is 10.5. The molecule has 0 aromatic heterocycles. The summed E-state index contributed by atoms with van der Waals surface area (Å²) in [6, 6.07) is 28.3. The van der Waals surface area contributed by atoms with Gasteiger partial charge in [0.25, 0.3) is 0 Å². The van der Waals surface area contributed by atoms with E-state index in [9.17, 15) is 4.79 Å². The van der Waals surface area contributed by atoms with Crippen molar-refractivity contribution in [1.29, 1.82) is 0 Å². The van der Waals surface area contributed by atoms with Crippen molar-refractivity contribution in [3.8, 4) is 11.5 Å². The summed E-state index contributed by atoms with van der Waals surface area (Å²) in [6.07, 6.45) is 1.79. The highest BCUT2D eigenvalue weighted by Crippen LogP contribution is 2.21. The Bertz CT molecular complexity index is 1160. The third-order valence-corrected chi connectivity index (χ3v) is 4.51. The van der Waals surface area contributed by atoms with E-state index in [0.29, 0.717) is 17.1 Å². The highest BCUT2D eigenvalue weighted by atomic mass is 16.5. The summed E-state index contributed by atoms with van der Waals surface area (Å²) in [4.78, 5) is 16.8. The number of carbonyl (C=O) groups is 1. The normalized spacial score (nSPS) is 10.9. The predicted molar refractivity (Wildman–Crippen MR) is 116 cm³/mol. The predicted octanol–water partition coefficient (Wildman–Crippen LogP) is 5.82. The molecule has 29 heavy (non-hydrogen) atoms. The van der Waals surface area contributed by atoms with Crippen LogP contribution in [0.4, 0.5) is 5.69 Å². The number of esters is 1. The number of hydrogen-bond acceptors (Lipinski definition) is 4. The van der Waals surface area contributed by atoms with Gasteiger partial charge < -0.3 is 9.47 Å². The van der Waals surface area contributed by atoms with Crippen molar-refractivity contribution in [1.82, 2.24) is 0 Å². The number of benzene rings is 4. The minimum Gasteiger partial charge on any atom is -0.497 e. The van der Waals surface area contributed by atoms with E-state index in [1.807, 2.05) is 30.3 Å². The molecule has 0 bridgehead atoms. The fraction of sp³-hybridized carbons (Fsp3) is 0.0400. The molecule has 0 spiro atoms. The first-order valence-electron chi connectivity index (χ1n) is 9.20. The molecule has 0 fully saturated rings. The molecule has 4 heteroatoms. The SMILES string of the molecule is COc1ccc(C(=O)Oc2ccc(C=Nc3ccc4ccccc4c3)cc2)cc1. The smallest absolute Gasteiger partial charge is 0.343 e. The first kappa shape index (κ1) is 18.4. The molecule has 0 atom stereocenters. The van der Waals surface area contributed by atoms with Crippen LogP contribution in [-0.4, -0.2) is 19.3 Å². The largest absolute Gasteiger partial charge is 0.497 e. The quantitative estimate of drug-likeness (QED) is 0.249. The number of fused-ring (bicyclic) bond motifs is 1. The van der Waals surface area contributed by atoms with Gasteiger partial charge in [-0.05, 0) is 77.0 Å². The lowest BCUT2D eigenvalue weighted by atomic mass is 10.1. The molecule has 0 unspecified atom stereocenters. The first-order chi connectivity index (χ1) is 14.2. The molecule has 0 aliphatic rings. The van der Waals surface area contributed by atoms with Gasteiger partial charge in [0, 0.05) is 6.21 Å². The molecule has 0 radical (unpaired) electrons. The molecular formula is C25H19NO3. The van der Waals surface area contributed by atoms with Gasteiger partial charge >= 0.3 is 5.97 Å². The molecule has 0 amide bonds. The Balaban J connectivity index is 1.42. The fourth-order valence-electron chi connectivity index (χ4n) is 2.92. The molecule has 4 rings (SSSR count). The average Bonchev–Trinajstić information content (AvgIpc) is 2.78. The second-order valence-electron chi connectivity index (χ2n) is 6.48. The molecule has 0 aliphatic carbocycles. The Hall–Kier alpha value is -3.92. The summed E-state index contributed by atoms with van der Waals surface area (Å²) in [5, 5.41) is 2.34. The maximum atomic E-state index is 12.2. The van der Waals surface area contributed by atoms with Gasteiger partial charge in [0.15, 0.2) is 0 Å². The summed E-state index contributed by atoms with van der Waals surface area (Å²) in [5.41, 5.74) is 2.27. The van der Waals surface area contributed by atoms with Crippen molar-refractivity contribution in [3.63, 3.8) is 0 Å². The zero-order chi connectivity index (χ0) is 20.1. The van der Waals surface area contributed by atoms with Crippen LogP contribution in [0.2, 0.25) is 0 Å². The zero-order valence-corrected chi connectivity index (χ0v) is 15.9. The summed E-state index contributed by atoms with van der Waals surface area (Å²) in [6.45, 7) is 0. The molecule has 142 valence electrons. The molecule has 0 heterocycles. The van der Waals surface area contributed by atoms with E-state index < -0.39 is 5.97 Å². The maximum absolute atomic E-state index is 12.2. The molecule has 0 saturated heterocycles. The van der Waals surface area contributed by atoms with E-state index in [4.69, 9.17) is 9.47 Å². The number of nitrogens with zero attached hydrogens (tertiary/aromatic N) is 1. The third-order valence-electron chi connectivity index (χ3n) is 4.51. The molecule has 0 saturated carbocycles. The minimum absolute atomic E-state index is 0.412. The van der Waals surface area contributed by atoms with Crippen LogP contribution in [0.25, 0.3) is 10.8 Å². The van der Waals surface area contributed by atoms with Gasteiger partial charge in [-0.2, -0.15) is 0 Å². The highest BCUT2D eigenvalue weighted by molar-refractivity contribution is 5.91. The second-order valence-corrected chi connectivity index (χ2v) is 6.48. The average molecular weight is 381 g/mol. The van der Waals surface area contributed by atoms with E-state index in [1.54, 1.807) is 49.7 Å². The molecule has 4 aromatic carbocycles. The van der Waals surface area contributed by atoms with Gasteiger partial charge in [0.2, 0.25) is 0 Å². The number of rotatable bonds is 5. The Morgan fingerprint density at radius 2 is 1.48 bits per heavy atom. The zero-order valence-electron chi connectivity index (χ0n) is 15.9. The summed E-state index contributed by atoms with van der Waals surface area (Å²) >= 11 is 0. The topological polar surface area (TPSA) is 47.9 Å². The van der Waals surface area contributed by atoms with E-state index in [0.717, 1.165) is 16.6 Å². The molecule has 0 N–H and O–H groups in total. The van der Waals surface area contributed by atoms with E-state index >= 15 is 0 Å². The van der Waals surface area contributed by atoms with Crippen molar-refractivity contribution in [2.75, 3.05) is 7.11 Å². The lowest BCUT2D eigenvalue weighted by molar-refractivity contribution is 0.0734. The van der Waals surface area contributed by atoms with Crippen LogP contribution in [0.5, 0.6) is 11.5 Å². The summed E-state index contributed by atoms with van der Waals surface area (Å²) in [5.74, 6) is 0.760. The van der Waals surface area contributed by atoms with Crippen LogP contribution in [0.3, 0.4) is 0 Å². The summed E-state index contributed by atoms with van der Waals surface area (Å²) in [7, 11) is 1.58. The maximum Gasteiger partial charge on any atom is 0.343 e. The van der Waals surface area contributed by atoms with Crippen LogP contribution < -0.4 is 9.47 Å². The van der Waals surface area contributed by atoms with Crippen molar-refractivity contribution < 1.29 is 14.3 Å². The molecule has 0 aliphatic heterocycles. The standard InChI is InChI=1S/C25H19NO3/c1-28-23-14-9-20(10-15-23)25(27)29-24-12-6-18(7-13-24)17-26-22-11-8-19-4-2-3-5-21(19)16-22/h2-17H,1H3. The number of hydrogen-bond donors (Lipinski definition) is 0. The fourth-order valence-corrected chi connectivity index (χ4v) is 2.92. The van der Waals surface area contributed by atoms with Crippen molar-refractivity contribution in [2.45, 2.75) is 0 Å². The minimum atomic E-state index is -0.412. The Morgan fingerprint density at radius 1 is 0.793 bits per heavy atom. The van der Waals surface area contributed by atoms with Gasteiger partial charge in [-0.1, -0.05) is 30.3 Å².